The van der Waals surface area contributed by atoms with Crippen LogP contribution in [0.5, 0.6) is 5.88 Å². The molecule has 0 unspecified atom stereocenters. The Morgan fingerprint density at radius 2 is 1.79 bits per heavy atom. The van der Waals surface area contributed by atoms with Crippen molar-refractivity contribution in [2.75, 3.05) is 6.61 Å². The van der Waals surface area contributed by atoms with E-state index in [1.165, 1.54) is 12.1 Å². The molecule has 1 aliphatic heterocycles. The molecular weight excluding hydrogens is 559 g/mol. The molecule has 220 valence electrons. The summed E-state index contributed by atoms with van der Waals surface area (Å²) in [4.78, 5) is 20.8. The summed E-state index contributed by atoms with van der Waals surface area (Å²) in [6, 6.07) is 15.0. The number of carbonyl (C=O) groups is 1. The van der Waals surface area contributed by atoms with Crippen LogP contribution in [-0.2, 0) is 24.3 Å². The third-order valence-electron chi connectivity index (χ3n) is 7.65. The maximum Gasteiger partial charge on any atom is 0.336 e. The van der Waals surface area contributed by atoms with Gasteiger partial charge in [0.1, 0.15) is 29.9 Å². The van der Waals surface area contributed by atoms with Gasteiger partial charge in [-0.2, -0.15) is 0 Å². The third kappa shape index (κ3) is 5.83. The first-order valence-corrected chi connectivity index (χ1v) is 13.8. The van der Waals surface area contributed by atoms with Gasteiger partial charge in [0.2, 0.25) is 5.88 Å². The highest BCUT2D eigenvalue weighted by Crippen LogP contribution is 2.29. The van der Waals surface area contributed by atoms with Crippen LogP contribution in [0.1, 0.15) is 44.9 Å². The number of rotatable bonds is 9. The van der Waals surface area contributed by atoms with Crippen LogP contribution in [0.2, 0.25) is 0 Å². The summed E-state index contributed by atoms with van der Waals surface area (Å²) >= 11 is 0. The van der Waals surface area contributed by atoms with Gasteiger partial charge < -0.3 is 19.1 Å². The molecule has 0 saturated carbocycles. The molecule has 2 aromatic heterocycles. The molecule has 1 atom stereocenters. The van der Waals surface area contributed by atoms with Crippen LogP contribution in [-0.4, -0.2) is 38.3 Å². The van der Waals surface area contributed by atoms with E-state index >= 15 is 8.78 Å². The zero-order valence-corrected chi connectivity index (χ0v) is 23.5. The zero-order chi connectivity index (χ0) is 30.2. The first-order valence-electron chi connectivity index (χ1n) is 13.8. The molecule has 1 saturated heterocycles. The molecular formula is C33H28F3N3O4. The van der Waals surface area contributed by atoms with Crippen LogP contribution < -0.4 is 4.74 Å². The van der Waals surface area contributed by atoms with E-state index in [1.807, 2.05) is 4.57 Å². The van der Waals surface area contributed by atoms with E-state index in [9.17, 15) is 14.3 Å². The van der Waals surface area contributed by atoms with Gasteiger partial charge in [-0.05, 0) is 73.4 Å². The van der Waals surface area contributed by atoms with Crippen molar-refractivity contribution in [3.63, 3.8) is 0 Å². The Hall–Kier alpha value is -4.70. The fourth-order valence-electron chi connectivity index (χ4n) is 5.18. The van der Waals surface area contributed by atoms with Crippen molar-refractivity contribution < 1.29 is 32.5 Å². The first-order chi connectivity index (χ1) is 20.7. The van der Waals surface area contributed by atoms with Gasteiger partial charge in [-0.15, -0.1) is 0 Å². The Morgan fingerprint density at radius 3 is 2.51 bits per heavy atom. The minimum Gasteiger partial charge on any atom is -0.478 e. The molecule has 6 rings (SSSR count). The smallest absolute Gasteiger partial charge is 0.336 e. The normalized spacial score (nSPS) is 14.6. The minimum absolute atomic E-state index is 0.0232. The zero-order valence-electron chi connectivity index (χ0n) is 23.5. The van der Waals surface area contributed by atoms with Crippen LogP contribution in [0.4, 0.5) is 13.2 Å². The van der Waals surface area contributed by atoms with Crippen molar-refractivity contribution in [1.29, 1.82) is 0 Å². The lowest BCUT2D eigenvalue weighted by atomic mass is 10.0. The lowest BCUT2D eigenvalue weighted by Gasteiger charge is -2.27. The highest BCUT2D eigenvalue weighted by atomic mass is 19.1. The number of fused-ring (bicyclic) bond motifs is 1. The summed E-state index contributed by atoms with van der Waals surface area (Å²) in [5.41, 5.74) is 3.21. The van der Waals surface area contributed by atoms with Gasteiger partial charge in [-0.1, -0.05) is 18.2 Å². The number of aromatic carboxylic acids is 1. The predicted molar refractivity (Wildman–Crippen MR) is 154 cm³/mol. The van der Waals surface area contributed by atoms with Gasteiger partial charge in [-0.3, -0.25) is 0 Å². The molecule has 1 fully saturated rings. The largest absolute Gasteiger partial charge is 0.478 e. The minimum atomic E-state index is -1.05. The molecule has 10 heteroatoms. The molecule has 43 heavy (non-hydrogen) atoms. The van der Waals surface area contributed by atoms with E-state index in [0.717, 1.165) is 24.1 Å². The molecule has 3 aromatic carbocycles. The molecule has 1 aliphatic rings. The van der Waals surface area contributed by atoms with Crippen LogP contribution in [0.15, 0.2) is 60.7 Å². The van der Waals surface area contributed by atoms with Gasteiger partial charge in [0.05, 0.1) is 34.9 Å². The molecule has 0 amide bonds. The van der Waals surface area contributed by atoms with Crippen LogP contribution in [0.3, 0.4) is 0 Å². The number of benzene rings is 3. The Morgan fingerprint density at radius 1 is 1.00 bits per heavy atom. The van der Waals surface area contributed by atoms with Crippen molar-refractivity contribution in [3.8, 4) is 17.1 Å². The van der Waals surface area contributed by atoms with Crippen LogP contribution >= 0.6 is 0 Å². The second kappa shape index (κ2) is 11.5. The van der Waals surface area contributed by atoms with Crippen molar-refractivity contribution in [2.24, 2.45) is 0 Å². The number of imidazole rings is 1. The number of pyridine rings is 1. The lowest BCUT2D eigenvalue weighted by molar-refractivity contribution is -0.0589. The van der Waals surface area contributed by atoms with E-state index in [4.69, 9.17) is 9.47 Å². The van der Waals surface area contributed by atoms with Gasteiger partial charge >= 0.3 is 5.97 Å². The number of halogens is 3. The van der Waals surface area contributed by atoms with E-state index in [0.29, 0.717) is 41.1 Å². The Labute approximate surface area is 245 Å². The van der Waals surface area contributed by atoms with E-state index in [2.05, 4.69) is 9.97 Å². The first kappa shape index (κ1) is 28.4. The average molecular weight is 588 g/mol. The standard InChI is InChI=1S/C33H28F3N3O4/c1-18-6-7-20(25(34)10-18)17-43-32-5-3-4-28(38-32)24-14-26(35)21(12-27(24)36)13-31-37-29-11-19(2)23(33(40)41)15-30(29)39(31)16-22-8-9-42-22/h3-7,10-12,14-15,22H,8-9,13,16-17H2,1-2H3,(H,40,41)/t22-/m0/s1. The van der Waals surface area contributed by atoms with Crippen LogP contribution in [0.25, 0.3) is 22.3 Å². The highest BCUT2D eigenvalue weighted by molar-refractivity contribution is 5.94. The number of nitrogens with zero attached hydrogens (tertiary/aromatic N) is 3. The number of ether oxygens (including phenoxy) is 2. The van der Waals surface area contributed by atoms with Crippen molar-refractivity contribution >= 4 is 17.0 Å². The van der Waals surface area contributed by atoms with E-state index in [-0.39, 0.29) is 47.4 Å². The third-order valence-corrected chi connectivity index (χ3v) is 7.65. The van der Waals surface area contributed by atoms with Crippen molar-refractivity contribution in [3.05, 3.63) is 112 Å². The molecule has 3 heterocycles. The molecule has 5 aromatic rings. The average Bonchev–Trinajstić information content (AvgIpc) is 3.26. The van der Waals surface area contributed by atoms with Crippen molar-refractivity contribution in [1.82, 2.24) is 14.5 Å². The maximum atomic E-state index is 15.5. The second-order valence-electron chi connectivity index (χ2n) is 10.7. The molecule has 0 aliphatic carbocycles. The molecule has 0 radical (unpaired) electrons. The summed E-state index contributed by atoms with van der Waals surface area (Å²) in [6.45, 7) is 4.46. The molecule has 0 spiro atoms. The van der Waals surface area contributed by atoms with Gasteiger partial charge in [0.15, 0.2) is 0 Å². The number of aryl methyl sites for hydroxylation is 2. The summed E-state index contributed by atoms with van der Waals surface area (Å²) < 4.78 is 58.2. The lowest BCUT2D eigenvalue weighted by Crippen LogP contribution is -2.31. The number of carboxylic acid groups (broad SMARTS) is 1. The summed E-state index contributed by atoms with van der Waals surface area (Å²) in [7, 11) is 0. The van der Waals surface area contributed by atoms with E-state index in [1.54, 1.807) is 50.2 Å². The summed E-state index contributed by atoms with van der Waals surface area (Å²) in [6.07, 6.45) is 0.743. The second-order valence-corrected chi connectivity index (χ2v) is 10.7. The van der Waals surface area contributed by atoms with Crippen LogP contribution in [0, 0.1) is 31.3 Å². The fourth-order valence-corrected chi connectivity index (χ4v) is 5.18. The Bertz CT molecular complexity index is 1870. The fraction of sp³-hybridized carbons (Fsp3) is 0.242. The number of carboxylic acids is 1. The van der Waals surface area contributed by atoms with E-state index < -0.39 is 23.4 Å². The summed E-state index contributed by atoms with van der Waals surface area (Å²) in [5.74, 6) is -2.17. The SMILES string of the molecule is Cc1ccc(COc2cccc(-c3cc(F)c(Cc4nc5cc(C)c(C(=O)O)cc5n4C[C@@H]4CCO4)cc3F)n2)c(F)c1. The highest BCUT2D eigenvalue weighted by Gasteiger charge is 2.24. The number of aromatic nitrogens is 3. The predicted octanol–water partition coefficient (Wildman–Crippen LogP) is 6.79. The van der Waals surface area contributed by atoms with Crippen molar-refractivity contribution in [2.45, 2.75) is 45.9 Å². The van der Waals surface area contributed by atoms with Gasteiger partial charge in [0, 0.05) is 30.2 Å². The maximum absolute atomic E-state index is 15.5. The Balaban J connectivity index is 1.28. The number of hydrogen-bond donors (Lipinski definition) is 1. The molecule has 7 nitrogen and oxygen atoms in total. The number of hydrogen-bond acceptors (Lipinski definition) is 5. The topological polar surface area (TPSA) is 86.5 Å². The summed E-state index contributed by atoms with van der Waals surface area (Å²) in [5, 5.41) is 9.63. The Kier molecular flexibility index (Phi) is 7.62. The van der Waals surface area contributed by atoms with Gasteiger partial charge in [0.25, 0.3) is 0 Å². The van der Waals surface area contributed by atoms with Gasteiger partial charge in [-0.25, -0.2) is 27.9 Å². The quantitative estimate of drug-likeness (QED) is 0.204. The monoisotopic (exact) mass is 587 g/mol. The molecule has 1 N–H and O–H groups in total. The molecule has 0 bridgehead atoms.